The normalized spacial score (nSPS) is 21.6. The van der Waals surface area contributed by atoms with Gasteiger partial charge in [0.1, 0.15) is 5.82 Å². The summed E-state index contributed by atoms with van der Waals surface area (Å²) < 4.78 is 0. The summed E-state index contributed by atoms with van der Waals surface area (Å²) in [4.78, 5) is 21.9. The molecular formula is C21H28Cl2N4O. The first-order valence-electron chi connectivity index (χ1n) is 9.54. The second-order valence-electron chi connectivity index (χ2n) is 7.31. The maximum Gasteiger partial charge on any atom is 0.257 e. The molecule has 2 atom stereocenters. The lowest BCUT2D eigenvalue weighted by Crippen LogP contribution is -2.35. The number of amides is 1. The van der Waals surface area contributed by atoms with Gasteiger partial charge in [0.25, 0.3) is 5.91 Å². The van der Waals surface area contributed by atoms with E-state index in [-0.39, 0.29) is 42.7 Å². The minimum atomic E-state index is -0.0311. The van der Waals surface area contributed by atoms with Gasteiger partial charge in [0, 0.05) is 44.3 Å². The van der Waals surface area contributed by atoms with Gasteiger partial charge >= 0.3 is 0 Å². The number of nitrogens with two attached hydrogens (primary N) is 1. The summed E-state index contributed by atoms with van der Waals surface area (Å²) in [6.07, 6.45) is 5.36. The van der Waals surface area contributed by atoms with Gasteiger partial charge in [0.05, 0.1) is 5.56 Å². The number of aromatic nitrogens is 1. The van der Waals surface area contributed by atoms with Crippen molar-refractivity contribution in [2.75, 3.05) is 31.1 Å². The number of hydrogen-bond acceptors (Lipinski definition) is 4. The molecule has 5 nitrogen and oxygen atoms in total. The maximum atomic E-state index is 13.2. The number of nitrogens with zero attached hydrogens (tertiary/aromatic N) is 3. The fraction of sp³-hybridized carbons (Fsp3) is 0.429. The summed E-state index contributed by atoms with van der Waals surface area (Å²) in [5.74, 6) is 1.07. The molecule has 3 heterocycles. The van der Waals surface area contributed by atoms with Crippen LogP contribution in [0.3, 0.4) is 0 Å². The highest BCUT2D eigenvalue weighted by atomic mass is 35.5. The zero-order valence-corrected chi connectivity index (χ0v) is 17.5. The van der Waals surface area contributed by atoms with Crippen LogP contribution >= 0.6 is 24.8 Å². The molecule has 1 aromatic heterocycles. The van der Waals surface area contributed by atoms with Crippen molar-refractivity contribution in [3.05, 3.63) is 59.8 Å². The van der Waals surface area contributed by atoms with Gasteiger partial charge in [-0.25, -0.2) is 4.98 Å². The summed E-state index contributed by atoms with van der Waals surface area (Å²) in [6.45, 7) is 3.21. The number of benzene rings is 1. The van der Waals surface area contributed by atoms with Gasteiger partial charge in [-0.05, 0) is 37.0 Å². The van der Waals surface area contributed by atoms with Crippen LogP contribution < -0.4 is 10.6 Å². The zero-order chi connectivity index (χ0) is 17.9. The van der Waals surface area contributed by atoms with Gasteiger partial charge in [-0.1, -0.05) is 30.3 Å². The molecule has 0 saturated carbocycles. The van der Waals surface area contributed by atoms with Crippen molar-refractivity contribution in [2.45, 2.75) is 31.2 Å². The summed E-state index contributed by atoms with van der Waals surface area (Å²) in [6, 6.07) is 14.0. The summed E-state index contributed by atoms with van der Waals surface area (Å²) in [5.41, 5.74) is 8.29. The van der Waals surface area contributed by atoms with E-state index < -0.39 is 0 Å². The average Bonchev–Trinajstić information content (AvgIpc) is 3.10. The highest BCUT2D eigenvalue weighted by Gasteiger charge is 2.35. The van der Waals surface area contributed by atoms with Crippen molar-refractivity contribution in [1.82, 2.24) is 9.88 Å². The molecule has 1 amide bonds. The molecule has 4 rings (SSSR count). The first kappa shape index (κ1) is 22.5. The largest absolute Gasteiger partial charge is 0.356 e. The van der Waals surface area contributed by atoms with Crippen LogP contribution in [-0.2, 0) is 0 Å². The smallest absolute Gasteiger partial charge is 0.257 e. The molecule has 28 heavy (non-hydrogen) atoms. The van der Waals surface area contributed by atoms with E-state index in [0.717, 1.165) is 31.7 Å². The topological polar surface area (TPSA) is 62.5 Å². The molecule has 2 saturated heterocycles. The number of carbonyl (C=O) groups is 1. The van der Waals surface area contributed by atoms with E-state index in [0.29, 0.717) is 18.7 Å². The van der Waals surface area contributed by atoms with Crippen molar-refractivity contribution < 1.29 is 4.79 Å². The Morgan fingerprint density at radius 3 is 2.39 bits per heavy atom. The molecule has 2 aliphatic rings. The van der Waals surface area contributed by atoms with Crippen molar-refractivity contribution in [2.24, 2.45) is 5.73 Å². The average molecular weight is 423 g/mol. The standard InChI is InChI=1S/C21H26N4O.2ClH/c22-19-15-25(14-18(19)16-8-3-1-4-9-16)21(26)17-10-7-11-23-20(17)24-12-5-2-6-13-24;;/h1,3-4,7-11,18-19H,2,5-6,12-15,22H2;2*1H/t18-,19+;;/m0../s1. The minimum Gasteiger partial charge on any atom is -0.356 e. The van der Waals surface area contributed by atoms with E-state index in [2.05, 4.69) is 22.0 Å². The molecule has 152 valence electrons. The van der Waals surface area contributed by atoms with Crippen LogP contribution in [0, 0.1) is 0 Å². The Kier molecular flexibility index (Phi) is 8.10. The van der Waals surface area contributed by atoms with E-state index in [1.54, 1.807) is 6.20 Å². The minimum absolute atomic E-state index is 0. The lowest BCUT2D eigenvalue weighted by molar-refractivity contribution is 0.0789. The van der Waals surface area contributed by atoms with E-state index in [1.807, 2.05) is 35.2 Å². The van der Waals surface area contributed by atoms with Gasteiger partial charge in [0.2, 0.25) is 0 Å². The van der Waals surface area contributed by atoms with Crippen LogP contribution in [0.5, 0.6) is 0 Å². The Hall–Kier alpha value is -1.82. The monoisotopic (exact) mass is 422 g/mol. The third-order valence-electron chi connectivity index (χ3n) is 5.55. The number of piperidine rings is 1. The molecule has 2 fully saturated rings. The number of carbonyl (C=O) groups excluding carboxylic acids is 1. The molecular weight excluding hydrogens is 395 g/mol. The third-order valence-corrected chi connectivity index (χ3v) is 5.55. The van der Waals surface area contributed by atoms with E-state index in [4.69, 9.17) is 5.73 Å². The molecule has 0 spiro atoms. The Balaban J connectivity index is 0.00000140. The molecule has 2 aliphatic heterocycles. The molecule has 0 aliphatic carbocycles. The molecule has 1 aromatic carbocycles. The SMILES string of the molecule is Cl.Cl.N[C@@H]1CN(C(=O)c2cccnc2N2CCCCC2)C[C@H]1c1ccccc1. The number of likely N-dealkylation sites (tertiary alicyclic amines) is 1. The van der Waals surface area contributed by atoms with Gasteiger partial charge in [-0.15, -0.1) is 24.8 Å². The molecule has 0 unspecified atom stereocenters. The molecule has 0 radical (unpaired) electrons. The molecule has 2 aromatic rings. The van der Waals surface area contributed by atoms with Crippen LogP contribution in [0.15, 0.2) is 48.7 Å². The second-order valence-corrected chi connectivity index (χ2v) is 7.31. The fourth-order valence-electron chi connectivity index (χ4n) is 4.14. The highest BCUT2D eigenvalue weighted by Crippen LogP contribution is 2.29. The summed E-state index contributed by atoms with van der Waals surface area (Å²) >= 11 is 0. The van der Waals surface area contributed by atoms with E-state index in [9.17, 15) is 4.79 Å². The molecule has 2 N–H and O–H groups in total. The Bertz CT molecular complexity index is 768. The number of rotatable bonds is 3. The Morgan fingerprint density at radius 1 is 0.964 bits per heavy atom. The summed E-state index contributed by atoms with van der Waals surface area (Å²) in [5, 5.41) is 0. The van der Waals surface area contributed by atoms with Crippen LogP contribution in [0.4, 0.5) is 5.82 Å². The number of pyridine rings is 1. The van der Waals surface area contributed by atoms with Gasteiger partial charge in [-0.3, -0.25) is 4.79 Å². The van der Waals surface area contributed by atoms with Crippen LogP contribution in [0.25, 0.3) is 0 Å². The van der Waals surface area contributed by atoms with E-state index in [1.165, 1.54) is 12.0 Å². The zero-order valence-electron chi connectivity index (χ0n) is 15.9. The lowest BCUT2D eigenvalue weighted by Gasteiger charge is -2.29. The third kappa shape index (κ3) is 4.59. The van der Waals surface area contributed by atoms with Crippen molar-refractivity contribution in [1.29, 1.82) is 0 Å². The second kappa shape index (κ2) is 10.1. The van der Waals surface area contributed by atoms with Crippen LogP contribution in [0.1, 0.15) is 41.1 Å². The molecule has 7 heteroatoms. The Labute approximate surface area is 179 Å². The summed E-state index contributed by atoms with van der Waals surface area (Å²) in [7, 11) is 0. The van der Waals surface area contributed by atoms with Gasteiger partial charge < -0.3 is 15.5 Å². The number of anilines is 1. The Morgan fingerprint density at radius 2 is 1.68 bits per heavy atom. The molecule has 0 bridgehead atoms. The van der Waals surface area contributed by atoms with Crippen LogP contribution in [0.2, 0.25) is 0 Å². The predicted molar refractivity (Wildman–Crippen MR) is 118 cm³/mol. The van der Waals surface area contributed by atoms with Gasteiger partial charge in [0.15, 0.2) is 0 Å². The highest BCUT2D eigenvalue weighted by molar-refractivity contribution is 5.99. The quantitative estimate of drug-likeness (QED) is 0.821. The van der Waals surface area contributed by atoms with Crippen molar-refractivity contribution in [3.8, 4) is 0 Å². The predicted octanol–water partition coefficient (Wildman–Crippen LogP) is 3.48. The van der Waals surface area contributed by atoms with Crippen LogP contribution in [-0.4, -0.2) is 48.0 Å². The van der Waals surface area contributed by atoms with E-state index >= 15 is 0 Å². The first-order valence-corrected chi connectivity index (χ1v) is 9.54. The lowest BCUT2D eigenvalue weighted by atomic mass is 9.95. The fourth-order valence-corrected chi connectivity index (χ4v) is 4.14. The van der Waals surface area contributed by atoms with Crippen molar-refractivity contribution >= 4 is 36.5 Å². The van der Waals surface area contributed by atoms with Crippen molar-refractivity contribution in [3.63, 3.8) is 0 Å². The number of hydrogen-bond donors (Lipinski definition) is 1. The van der Waals surface area contributed by atoms with Gasteiger partial charge in [-0.2, -0.15) is 0 Å². The number of halogens is 2. The first-order chi connectivity index (χ1) is 12.7. The maximum absolute atomic E-state index is 13.2.